The maximum atomic E-state index is 14.6. The first-order valence-electron chi connectivity index (χ1n) is 12.5. The molecule has 0 heterocycles. The highest BCUT2D eigenvalue weighted by atomic mass is 16.5. The Morgan fingerprint density at radius 1 is 0.595 bits per heavy atom. The lowest BCUT2D eigenvalue weighted by atomic mass is 9.88. The number of ketones is 1. The van der Waals surface area contributed by atoms with Crippen molar-refractivity contribution in [1.29, 1.82) is 0 Å². The van der Waals surface area contributed by atoms with Gasteiger partial charge in [0.1, 0.15) is 23.0 Å². The number of methoxy groups -OCH3 is 2. The molecular formula is C33H26O9. The fourth-order valence-corrected chi connectivity index (χ4v) is 4.33. The van der Waals surface area contributed by atoms with Crippen LogP contribution < -0.4 is 9.47 Å². The molecule has 0 amide bonds. The summed E-state index contributed by atoms with van der Waals surface area (Å²) in [4.78, 5) is 38.2. The predicted molar refractivity (Wildman–Crippen MR) is 157 cm³/mol. The van der Waals surface area contributed by atoms with Crippen LogP contribution in [0.4, 0.5) is 0 Å². The van der Waals surface area contributed by atoms with Gasteiger partial charge in [0.2, 0.25) is 0 Å². The number of hydrogen-bond donors (Lipinski definition) is 4. The number of carbonyl (C=O) groups excluding carboxylic acids is 1. The van der Waals surface area contributed by atoms with Gasteiger partial charge in [0.15, 0.2) is 5.78 Å². The minimum absolute atomic E-state index is 0.106. The summed E-state index contributed by atoms with van der Waals surface area (Å²) >= 11 is 0. The van der Waals surface area contributed by atoms with Crippen molar-refractivity contribution >= 4 is 41.0 Å². The molecule has 0 radical (unpaired) electrons. The van der Waals surface area contributed by atoms with E-state index >= 15 is 0 Å². The second kappa shape index (κ2) is 12.6. The van der Waals surface area contributed by atoms with E-state index in [1.54, 1.807) is 48.5 Å². The number of para-hydroxylation sites is 2. The van der Waals surface area contributed by atoms with Crippen molar-refractivity contribution in [3.63, 3.8) is 0 Å². The lowest BCUT2D eigenvalue weighted by Gasteiger charge is -2.16. The van der Waals surface area contributed by atoms with Gasteiger partial charge in [-0.05, 0) is 60.7 Å². The first-order valence-corrected chi connectivity index (χ1v) is 12.5. The van der Waals surface area contributed by atoms with E-state index in [1.165, 1.54) is 38.5 Å². The molecule has 0 saturated carbocycles. The molecule has 9 nitrogen and oxygen atoms in total. The lowest BCUT2D eigenvalue weighted by molar-refractivity contribution is -0.108. The molecule has 9 heteroatoms. The predicted octanol–water partition coefficient (Wildman–Crippen LogP) is 5.86. The molecule has 0 aliphatic rings. The number of allylic oxidation sites excluding steroid dienone is 2. The maximum Gasteiger partial charge on any atom is 0.335 e. The average molecular weight is 567 g/mol. The molecule has 4 aromatic carbocycles. The van der Waals surface area contributed by atoms with Crippen molar-refractivity contribution in [2.75, 3.05) is 14.2 Å². The molecule has 0 aromatic heterocycles. The maximum absolute atomic E-state index is 14.6. The monoisotopic (exact) mass is 566 g/mol. The second-order valence-corrected chi connectivity index (χ2v) is 9.00. The van der Waals surface area contributed by atoms with Gasteiger partial charge in [-0.15, -0.1) is 0 Å². The van der Waals surface area contributed by atoms with Crippen LogP contribution in [-0.4, -0.2) is 52.4 Å². The number of carboxylic acid groups (broad SMARTS) is 2. The smallest absolute Gasteiger partial charge is 0.335 e. The Hall–Kier alpha value is -5.83. The van der Waals surface area contributed by atoms with Crippen LogP contribution in [0.2, 0.25) is 0 Å². The number of aromatic carboxylic acids is 2. The van der Waals surface area contributed by atoms with Crippen molar-refractivity contribution in [2.45, 2.75) is 0 Å². The van der Waals surface area contributed by atoms with Crippen molar-refractivity contribution in [3.05, 3.63) is 118 Å². The number of carboxylic acids is 2. The van der Waals surface area contributed by atoms with E-state index in [2.05, 4.69) is 0 Å². The molecule has 4 N–H and O–H groups in total. The lowest BCUT2D eigenvalue weighted by Crippen LogP contribution is -2.09. The number of aromatic hydroxyl groups is 2. The summed E-state index contributed by atoms with van der Waals surface area (Å²) in [5.41, 5.74) is -0.0220. The molecule has 4 rings (SSSR count). The Balaban J connectivity index is 2.08. The van der Waals surface area contributed by atoms with Crippen molar-refractivity contribution in [1.82, 2.24) is 0 Å². The quantitative estimate of drug-likeness (QED) is 0.137. The summed E-state index contributed by atoms with van der Waals surface area (Å²) in [6.45, 7) is 0. The number of Topliss-reactive ketones (excluding diaryl/α,β-unsaturated/α-hetero) is 1. The highest BCUT2D eigenvalue weighted by Gasteiger charge is 2.26. The molecule has 0 spiro atoms. The zero-order valence-electron chi connectivity index (χ0n) is 22.6. The van der Waals surface area contributed by atoms with Gasteiger partial charge in [0.05, 0.1) is 25.3 Å². The van der Waals surface area contributed by atoms with E-state index < -0.39 is 17.7 Å². The van der Waals surface area contributed by atoms with Gasteiger partial charge < -0.3 is 29.9 Å². The molecule has 0 saturated heterocycles. The van der Waals surface area contributed by atoms with Crippen molar-refractivity contribution in [3.8, 4) is 23.0 Å². The number of rotatable bonds is 10. The molecule has 0 atom stereocenters. The van der Waals surface area contributed by atoms with E-state index in [1.807, 2.05) is 0 Å². The fourth-order valence-electron chi connectivity index (χ4n) is 4.33. The molecule has 0 fully saturated rings. The topological polar surface area (TPSA) is 151 Å². The Bertz CT molecular complexity index is 1620. The first kappa shape index (κ1) is 29.2. The van der Waals surface area contributed by atoms with Crippen LogP contribution in [0.3, 0.4) is 0 Å². The minimum atomic E-state index is -1.28. The zero-order chi connectivity index (χ0) is 30.4. The number of phenols is 2. The van der Waals surface area contributed by atoms with E-state index in [4.69, 9.17) is 9.47 Å². The molecule has 4 aromatic rings. The second-order valence-electron chi connectivity index (χ2n) is 9.00. The Kier molecular flexibility index (Phi) is 8.72. The van der Waals surface area contributed by atoms with Gasteiger partial charge in [-0.1, -0.05) is 36.4 Å². The fraction of sp³-hybridized carbons (Fsp3) is 0.0606. The minimum Gasteiger partial charge on any atom is -0.507 e. The van der Waals surface area contributed by atoms with Crippen LogP contribution in [0.15, 0.2) is 84.9 Å². The third-order valence-corrected chi connectivity index (χ3v) is 6.43. The molecule has 0 bridgehead atoms. The van der Waals surface area contributed by atoms with Gasteiger partial charge in [-0.3, -0.25) is 4.79 Å². The molecule has 0 aliphatic heterocycles. The standard InChI is InChI=1S/C33H26O9/c1-41-29-9-5-3-7-19(29)15-25(23-17-21(32(37)38)11-13-27(23)34)31(36)26(16-20-8-4-6-10-30(20)42-2)24-18-22(33(39)40)12-14-28(24)35/h3-18,34-35H,1-2H3,(H,37,38)(H,39,40). The summed E-state index contributed by atoms with van der Waals surface area (Å²) in [6.07, 6.45) is 2.85. The van der Waals surface area contributed by atoms with Crippen LogP contribution in [0.25, 0.3) is 23.3 Å². The van der Waals surface area contributed by atoms with Gasteiger partial charge >= 0.3 is 11.9 Å². The van der Waals surface area contributed by atoms with Crippen LogP contribution >= 0.6 is 0 Å². The van der Waals surface area contributed by atoms with Crippen molar-refractivity contribution < 1.29 is 44.3 Å². The molecule has 42 heavy (non-hydrogen) atoms. The van der Waals surface area contributed by atoms with Crippen LogP contribution in [0, 0.1) is 0 Å². The highest BCUT2D eigenvalue weighted by Crippen LogP contribution is 2.38. The van der Waals surface area contributed by atoms with Crippen molar-refractivity contribution in [2.24, 2.45) is 0 Å². The number of benzene rings is 4. The Morgan fingerprint density at radius 2 is 0.976 bits per heavy atom. The van der Waals surface area contributed by atoms with E-state index in [0.717, 1.165) is 24.3 Å². The molecule has 212 valence electrons. The average Bonchev–Trinajstić information content (AvgIpc) is 2.99. The normalized spacial score (nSPS) is 11.6. The Labute approximate surface area is 240 Å². The van der Waals surface area contributed by atoms with E-state index in [-0.39, 0.29) is 44.9 Å². The van der Waals surface area contributed by atoms with Crippen LogP contribution in [0.5, 0.6) is 23.0 Å². The van der Waals surface area contributed by atoms with Gasteiger partial charge in [-0.2, -0.15) is 0 Å². The molecule has 0 unspecified atom stereocenters. The summed E-state index contributed by atoms with van der Waals surface area (Å²) in [6, 6.07) is 20.5. The summed E-state index contributed by atoms with van der Waals surface area (Å²) in [5, 5.41) is 41.0. The van der Waals surface area contributed by atoms with Crippen LogP contribution in [0.1, 0.15) is 43.0 Å². The largest absolute Gasteiger partial charge is 0.507 e. The number of hydrogen-bond acceptors (Lipinski definition) is 7. The SMILES string of the molecule is COc1ccccc1C=C(C(=O)C(=Cc1ccccc1OC)c1cc(C(=O)O)ccc1O)c1cc(C(=O)O)ccc1O. The number of ether oxygens (including phenoxy) is 2. The summed E-state index contributed by atoms with van der Waals surface area (Å²) in [5.74, 6) is -3.30. The van der Waals surface area contributed by atoms with Crippen LogP contribution in [-0.2, 0) is 4.79 Å². The third-order valence-electron chi connectivity index (χ3n) is 6.43. The Morgan fingerprint density at radius 3 is 1.33 bits per heavy atom. The van der Waals surface area contributed by atoms with E-state index in [9.17, 15) is 34.8 Å². The first-order chi connectivity index (χ1) is 20.1. The summed E-state index contributed by atoms with van der Waals surface area (Å²) < 4.78 is 10.9. The number of phenolic OH excluding ortho intramolecular Hbond substituents is 2. The van der Waals surface area contributed by atoms with Gasteiger partial charge in [-0.25, -0.2) is 9.59 Å². The highest BCUT2D eigenvalue weighted by molar-refractivity contribution is 6.47. The summed E-state index contributed by atoms with van der Waals surface area (Å²) in [7, 11) is 2.89. The van der Waals surface area contributed by atoms with E-state index in [0.29, 0.717) is 22.6 Å². The zero-order valence-corrected chi connectivity index (χ0v) is 22.6. The van der Waals surface area contributed by atoms with Gasteiger partial charge in [0.25, 0.3) is 0 Å². The van der Waals surface area contributed by atoms with Gasteiger partial charge in [0, 0.05) is 33.4 Å². The third kappa shape index (κ3) is 6.15. The molecule has 0 aliphatic carbocycles. The number of carbonyl (C=O) groups is 3. The molecular weight excluding hydrogens is 540 g/mol.